The topological polar surface area (TPSA) is 59.2 Å². The number of nitrogens with zero attached hydrogens (tertiary/aromatic N) is 3. The predicted octanol–water partition coefficient (Wildman–Crippen LogP) is 5.32. The van der Waals surface area contributed by atoms with Crippen LogP contribution in [0.5, 0.6) is 0 Å². The van der Waals surface area contributed by atoms with E-state index < -0.39 is 0 Å². The molecule has 1 saturated heterocycles. The summed E-state index contributed by atoms with van der Waals surface area (Å²) in [6.07, 6.45) is 6.53. The number of aromatic nitrogens is 2. The second kappa shape index (κ2) is 8.30. The third-order valence-corrected chi connectivity index (χ3v) is 5.76. The van der Waals surface area contributed by atoms with E-state index in [0.717, 1.165) is 35.6 Å². The molecule has 0 bridgehead atoms. The van der Waals surface area contributed by atoms with Gasteiger partial charge in [-0.3, -0.25) is 9.78 Å². The van der Waals surface area contributed by atoms with Gasteiger partial charge >= 0.3 is 0 Å². The molecule has 2 aromatic heterocycles. The molecular weight excluding hydrogens is 393 g/mol. The van der Waals surface area contributed by atoms with Crippen molar-refractivity contribution in [2.24, 2.45) is 0 Å². The minimum Gasteiger partial charge on any atom is -0.443 e. The number of fused-ring (bicyclic) bond motifs is 1. The van der Waals surface area contributed by atoms with Gasteiger partial charge in [0, 0.05) is 24.5 Å². The minimum atomic E-state index is -0.274. The Bertz CT molecular complexity index is 1230. The van der Waals surface area contributed by atoms with Crippen LogP contribution in [0.1, 0.15) is 53.0 Å². The number of halogens is 1. The minimum absolute atomic E-state index is 0.105. The van der Waals surface area contributed by atoms with Crippen LogP contribution in [0.4, 0.5) is 4.39 Å². The van der Waals surface area contributed by atoms with E-state index in [4.69, 9.17) is 4.42 Å². The highest BCUT2D eigenvalue weighted by Gasteiger charge is 2.33. The van der Waals surface area contributed by atoms with Crippen molar-refractivity contribution in [1.82, 2.24) is 14.9 Å². The summed E-state index contributed by atoms with van der Waals surface area (Å²) in [7, 11) is 0. The molecule has 2 aromatic carbocycles. The van der Waals surface area contributed by atoms with Crippen LogP contribution < -0.4 is 0 Å². The van der Waals surface area contributed by atoms with E-state index in [-0.39, 0.29) is 17.8 Å². The molecule has 0 radical (unpaired) electrons. The van der Waals surface area contributed by atoms with Crippen molar-refractivity contribution >= 4 is 16.7 Å². The molecule has 0 spiro atoms. The molecule has 1 aliphatic heterocycles. The van der Waals surface area contributed by atoms with Gasteiger partial charge in [-0.1, -0.05) is 36.4 Å². The Hall–Kier alpha value is -3.54. The van der Waals surface area contributed by atoms with Gasteiger partial charge < -0.3 is 9.32 Å². The molecule has 0 saturated carbocycles. The fraction of sp³-hybridized carbons (Fsp3) is 0.240. The van der Waals surface area contributed by atoms with Crippen molar-refractivity contribution in [3.63, 3.8) is 0 Å². The summed E-state index contributed by atoms with van der Waals surface area (Å²) in [5.41, 5.74) is 1.27. The Labute approximate surface area is 179 Å². The first-order valence-corrected chi connectivity index (χ1v) is 10.5. The lowest BCUT2D eigenvalue weighted by molar-refractivity contribution is 0.0566. The lowest BCUT2D eigenvalue weighted by Crippen LogP contribution is -2.39. The van der Waals surface area contributed by atoms with Crippen LogP contribution in [0.15, 0.2) is 71.4 Å². The van der Waals surface area contributed by atoms with Gasteiger partial charge in [-0.05, 0) is 48.4 Å². The van der Waals surface area contributed by atoms with Crippen LogP contribution in [0.2, 0.25) is 0 Å². The van der Waals surface area contributed by atoms with E-state index in [1.54, 1.807) is 18.5 Å². The maximum absolute atomic E-state index is 13.5. The van der Waals surface area contributed by atoms with Gasteiger partial charge in [-0.15, -0.1) is 0 Å². The number of likely N-dealkylation sites (tertiary alicyclic amines) is 1. The zero-order valence-electron chi connectivity index (χ0n) is 17.0. The van der Waals surface area contributed by atoms with Crippen molar-refractivity contribution in [3.05, 3.63) is 95.7 Å². The van der Waals surface area contributed by atoms with Crippen molar-refractivity contribution in [2.45, 2.75) is 31.7 Å². The summed E-state index contributed by atoms with van der Waals surface area (Å²) in [5.74, 6) is 0.803. The lowest BCUT2D eigenvalue weighted by atomic mass is 10.0. The Morgan fingerprint density at radius 2 is 2.00 bits per heavy atom. The molecule has 156 valence electrons. The van der Waals surface area contributed by atoms with E-state index in [2.05, 4.69) is 9.97 Å². The van der Waals surface area contributed by atoms with E-state index in [0.29, 0.717) is 30.3 Å². The highest BCUT2D eigenvalue weighted by molar-refractivity contribution is 6.05. The second-order valence-electron chi connectivity index (χ2n) is 7.86. The first kappa shape index (κ1) is 19.4. The SMILES string of the molecule is O=C(c1nccc2ccccc12)N1CCCC[C@@H]1c1ncc(Cc2cccc(F)c2)o1. The molecule has 0 unspecified atom stereocenters. The van der Waals surface area contributed by atoms with Crippen molar-refractivity contribution < 1.29 is 13.6 Å². The predicted molar refractivity (Wildman–Crippen MR) is 115 cm³/mol. The molecule has 31 heavy (non-hydrogen) atoms. The average molecular weight is 415 g/mol. The maximum Gasteiger partial charge on any atom is 0.273 e. The van der Waals surface area contributed by atoms with Gasteiger partial charge in [0.1, 0.15) is 23.3 Å². The fourth-order valence-electron chi connectivity index (χ4n) is 4.26. The van der Waals surface area contributed by atoms with Crippen molar-refractivity contribution in [3.8, 4) is 0 Å². The second-order valence-corrected chi connectivity index (χ2v) is 7.86. The van der Waals surface area contributed by atoms with Crippen molar-refractivity contribution in [1.29, 1.82) is 0 Å². The molecule has 1 atom stereocenters. The summed E-state index contributed by atoms with van der Waals surface area (Å²) in [6, 6.07) is 15.9. The standard InChI is InChI=1S/C25H22FN3O2/c26-19-8-5-6-17(14-19)15-20-16-28-24(31-20)22-10-3-4-13-29(22)25(30)23-21-9-2-1-7-18(21)11-12-27-23/h1-2,5-9,11-12,14,16,22H,3-4,10,13,15H2/t22-/m1/s1. The number of oxazole rings is 1. The van der Waals surface area contributed by atoms with E-state index in [1.807, 2.05) is 41.3 Å². The normalized spacial score (nSPS) is 16.5. The first-order valence-electron chi connectivity index (χ1n) is 10.5. The summed E-state index contributed by atoms with van der Waals surface area (Å²) >= 11 is 0. The van der Waals surface area contributed by atoms with Crippen LogP contribution in [0.25, 0.3) is 10.8 Å². The summed E-state index contributed by atoms with van der Waals surface area (Å²) in [5, 5.41) is 1.83. The molecular formula is C25H22FN3O2. The number of hydrogen-bond acceptors (Lipinski definition) is 4. The lowest BCUT2D eigenvalue weighted by Gasteiger charge is -2.33. The number of carbonyl (C=O) groups excluding carboxylic acids is 1. The molecule has 1 amide bonds. The van der Waals surface area contributed by atoms with Crippen LogP contribution in [-0.4, -0.2) is 27.3 Å². The van der Waals surface area contributed by atoms with Crippen LogP contribution in [0.3, 0.4) is 0 Å². The summed E-state index contributed by atoms with van der Waals surface area (Å²) in [6.45, 7) is 0.635. The van der Waals surface area contributed by atoms with Crippen LogP contribution in [-0.2, 0) is 6.42 Å². The third kappa shape index (κ3) is 3.93. The van der Waals surface area contributed by atoms with E-state index in [9.17, 15) is 9.18 Å². The number of carbonyl (C=O) groups is 1. The quantitative estimate of drug-likeness (QED) is 0.453. The van der Waals surface area contributed by atoms with Gasteiger partial charge in [0.25, 0.3) is 5.91 Å². The smallest absolute Gasteiger partial charge is 0.273 e. The number of hydrogen-bond donors (Lipinski definition) is 0. The molecule has 1 aliphatic rings. The Morgan fingerprint density at radius 1 is 1.10 bits per heavy atom. The highest BCUT2D eigenvalue weighted by Crippen LogP contribution is 2.33. The monoisotopic (exact) mass is 415 g/mol. The zero-order chi connectivity index (χ0) is 21.2. The number of pyridine rings is 1. The number of benzene rings is 2. The third-order valence-electron chi connectivity index (χ3n) is 5.76. The molecule has 6 heteroatoms. The molecule has 0 N–H and O–H groups in total. The number of rotatable bonds is 4. The first-order chi connectivity index (χ1) is 15.2. The molecule has 1 fully saturated rings. The molecule has 0 aliphatic carbocycles. The molecule has 4 aromatic rings. The molecule has 3 heterocycles. The van der Waals surface area contributed by atoms with Gasteiger partial charge in [0.05, 0.1) is 6.20 Å². The Morgan fingerprint density at radius 3 is 2.90 bits per heavy atom. The van der Waals surface area contributed by atoms with Crippen LogP contribution >= 0.6 is 0 Å². The Kier molecular flexibility index (Phi) is 5.20. The van der Waals surface area contributed by atoms with E-state index in [1.165, 1.54) is 12.1 Å². The largest absolute Gasteiger partial charge is 0.443 e. The average Bonchev–Trinajstić information content (AvgIpc) is 3.26. The van der Waals surface area contributed by atoms with E-state index >= 15 is 0 Å². The highest BCUT2D eigenvalue weighted by atomic mass is 19.1. The molecule has 5 rings (SSSR count). The van der Waals surface area contributed by atoms with Crippen LogP contribution in [0, 0.1) is 5.82 Å². The number of amides is 1. The molecule has 5 nitrogen and oxygen atoms in total. The Balaban J connectivity index is 1.42. The van der Waals surface area contributed by atoms with Crippen molar-refractivity contribution in [2.75, 3.05) is 6.54 Å². The zero-order valence-corrected chi connectivity index (χ0v) is 17.0. The fourth-order valence-corrected chi connectivity index (χ4v) is 4.26. The summed E-state index contributed by atoms with van der Waals surface area (Å²) in [4.78, 5) is 24.2. The summed E-state index contributed by atoms with van der Waals surface area (Å²) < 4.78 is 19.5. The number of piperidine rings is 1. The van der Waals surface area contributed by atoms with Gasteiger partial charge in [0.2, 0.25) is 5.89 Å². The maximum atomic E-state index is 13.5. The van der Waals surface area contributed by atoms with Gasteiger partial charge in [0.15, 0.2) is 0 Å². The van der Waals surface area contributed by atoms with Gasteiger partial charge in [-0.25, -0.2) is 9.37 Å². The van der Waals surface area contributed by atoms with Gasteiger partial charge in [-0.2, -0.15) is 0 Å².